The fourth-order valence-electron chi connectivity index (χ4n) is 2.98. The van der Waals surface area contributed by atoms with E-state index in [-0.39, 0.29) is 5.78 Å². The Morgan fingerprint density at radius 3 is 2.89 bits per heavy atom. The maximum absolute atomic E-state index is 11.5. The molecule has 0 spiro atoms. The summed E-state index contributed by atoms with van der Waals surface area (Å²) in [5.41, 5.74) is 7.97. The van der Waals surface area contributed by atoms with Crippen LogP contribution in [0.3, 0.4) is 0 Å². The molecule has 19 heavy (non-hydrogen) atoms. The Kier molecular flexibility index (Phi) is 4.46. The van der Waals surface area contributed by atoms with Gasteiger partial charge in [-0.3, -0.25) is 4.79 Å². The molecule has 3 nitrogen and oxygen atoms in total. The van der Waals surface area contributed by atoms with Crippen molar-refractivity contribution in [3.8, 4) is 0 Å². The lowest BCUT2D eigenvalue weighted by molar-refractivity contribution is 0.101. The highest BCUT2D eigenvalue weighted by Crippen LogP contribution is 2.29. The SMILES string of the molecule is CC(=O)c1cc(NCC2CCCC(C)C2)ccc1N. The molecule has 2 unspecified atom stereocenters. The molecule has 1 fully saturated rings. The predicted octanol–water partition coefficient (Wildman–Crippen LogP) is 3.71. The van der Waals surface area contributed by atoms with Gasteiger partial charge in [0.25, 0.3) is 0 Å². The Morgan fingerprint density at radius 1 is 1.42 bits per heavy atom. The van der Waals surface area contributed by atoms with E-state index in [1.807, 2.05) is 18.2 Å². The molecule has 0 heterocycles. The van der Waals surface area contributed by atoms with Gasteiger partial charge >= 0.3 is 0 Å². The molecule has 0 amide bonds. The summed E-state index contributed by atoms with van der Waals surface area (Å²) >= 11 is 0. The minimum absolute atomic E-state index is 0.0208. The molecule has 0 radical (unpaired) electrons. The van der Waals surface area contributed by atoms with E-state index in [2.05, 4.69) is 12.2 Å². The second-order valence-corrected chi connectivity index (χ2v) is 5.88. The molecule has 104 valence electrons. The summed E-state index contributed by atoms with van der Waals surface area (Å²) in [5, 5.41) is 3.45. The van der Waals surface area contributed by atoms with Crippen molar-refractivity contribution in [3.05, 3.63) is 23.8 Å². The number of benzene rings is 1. The number of hydrogen-bond donors (Lipinski definition) is 2. The van der Waals surface area contributed by atoms with E-state index in [1.165, 1.54) is 25.7 Å². The first-order valence-corrected chi connectivity index (χ1v) is 7.20. The molecule has 1 aliphatic rings. The average molecular weight is 260 g/mol. The van der Waals surface area contributed by atoms with Crippen molar-refractivity contribution in [3.63, 3.8) is 0 Å². The molecule has 2 atom stereocenters. The molecule has 3 N–H and O–H groups in total. The molecule has 1 aliphatic carbocycles. The molecule has 0 aromatic heterocycles. The third kappa shape index (κ3) is 3.72. The minimum Gasteiger partial charge on any atom is -0.398 e. The Morgan fingerprint density at radius 2 is 2.21 bits per heavy atom. The molecule has 3 heteroatoms. The number of carbonyl (C=O) groups excluding carboxylic acids is 1. The highest BCUT2D eigenvalue weighted by Gasteiger charge is 2.18. The zero-order valence-corrected chi connectivity index (χ0v) is 11.9. The lowest BCUT2D eigenvalue weighted by atomic mass is 9.82. The first kappa shape index (κ1) is 13.9. The number of anilines is 2. The predicted molar refractivity (Wildman–Crippen MR) is 80.5 cm³/mol. The first-order valence-electron chi connectivity index (χ1n) is 7.20. The van der Waals surface area contributed by atoms with E-state index >= 15 is 0 Å². The van der Waals surface area contributed by atoms with Gasteiger partial charge in [-0.05, 0) is 49.8 Å². The van der Waals surface area contributed by atoms with Gasteiger partial charge in [0.05, 0.1) is 0 Å². The van der Waals surface area contributed by atoms with Crippen LogP contribution in [-0.2, 0) is 0 Å². The van der Waals surface area contributed by atoms with Crippen molar-refractivity contribution in [1.82, 2.24) is 0 Å². The van der Waals surface area contributed by atoms with E-state index in [0.29, 0.717) is 11.3 Å². The second-order valence-electron chi connectivity index (χ2n) is 5.88. The third-order valence-corrected chi connectivity index (χ3v) is 4.07. The Hall–Kier alpha value is -1.51. The van der Waals surface area contributed by atoms with Crippen LogP contribution < -0.4 is 11.1 Å². The summed E-state index contributed by atoms with van der Waals surface area (Å²) in [6.45, 7) is 4.88. The molecule has 1 aromatic rings. The van der Waals surface area contributed by atoms with Crippen molar-refractivity contribution >= 4 is 17.2 Å². The molecule has 0 aliphatic heterocycles. The Labute approximate surface area is 115 Å². The van der Waals surface area contributed by atoms with Crippen LogP contribution in [0.5, 0.6) is 0 Å². The largest absolute Gasteiger partial charge is 0.398 e. The molecule has 1 saturated carbocycles. The summed E-state index contributed by atoms with van der Waals surface area (Å²) < 4.78 is 0. The third-order valence-electron chi connectivity index (χ3n) is 4.07. The normalized spacial score (nSPS) is 23.1. The van der Waals surface area contributed by atoms with Gasteiger partial charge < -0.3 is 11.1 Å². The number of carbonyl (C=O) groups is 1. The lowest BCUT2D eigenvalue weighted by Gasteiger charge is -2.27. The summed E-state index contributed by atoms with van der Waals surface area (Å²) in [4.78, 5) is 11.5. The van der Waals surface area contributed by atoms with Crippen molar-refractivity contribution in [2.75, 3.05) is 17.6 Å². The van der Waals surface area contributed by atoms with Crippen LogP contribution in [0.2, 0.25) is 0 Å². The van der Waals surface area contributed by atoms with Gasteiger partial charge in [0, 0.05) is 23.5 Å². The highest BCUT2D eigenvalue weighted by molar-refractivity contribution is 5.99. The lowest BCUT2D eigenvalue weighted by Crippen LogP contribution is -2.21. The van der Waals surface area contributed by atoms with E-state index < -0.39 is 0 Å². The first-order chi connectivity index (χ1) is 9.06. The average Bonchev–Trinajstić information content (AvgIpc) is 2.37. The van der Waals surface area contributed by atoms with E-state index in [4.69, 9.17) is 5.73 Å². The summed E-state index contributed by atoms with van der Waals surface area (Å²) in [5.74, 6) is 1.62. The van der Waals surface area contributed by atoms with Crippen molar-refractivity contribution in [2.24, 2.45) is 11.8 Å². The van der Waals surface area contributed by atoms with Crippen LogP contribution in [-0.4, -0.2) is 12.3 Å². The number of hydrogen-bond acceptors (Lipinski definition) is 3. The van der Waals surface area contributed by atoms with E-state index in [0.717, 1.165) is 24.1 Å². The highest BCUT2D eigenvalue weighted by atomic mass is 16.1. The van der Waals surface area contributed by atoms with Crippen molar-refractivity contribution in [1.29, 1.82) is 0 Å². The smallest absolute Gasteiger partial charge is 0.161 e. The maximum Gasteiger partial charge on any atom is 0.161 e. The fourth-order valence-corrected chi connectivity index (χ4v) is 2.98. The summed E-state index contributed by atoms with van der Waals surface area (Å²) in [7, 11) is 0. The van der Waals surface area contributed by atoms with Gasteiger partial charge in [0.15, 0.2) is 5.78 Å². The van der Waals surface area contributed by atoms with Gasteiger partial charge in [-0.2, -0.15) is 0 Å². The molecule has 0 saturated heterocycles. The van der Waals surface area contributed by atoms with Gasteiger partial charge in [0.2, 0.25) is 0 Å². The summed E-state index contributed by atoms with van der Waals surface area (Å²) in [6.07, 6.45) is 5.33. The van der Waals surface area contributed by atoms with E-state index in [1.54, 1.807) is 6.92 Å². The Bertz CT molecular complexity index is 456. The van der Waals surface area contributed by atoms with Gasteiger partial charge in [0.1, 0.15) is 0 Å². The van der Waals surface area contributed by atoms with Crippen LogP contribution in [0.4, 0.5) is 11.4 Å². The molecule has 0 bridgehead atoms. The standard InChI is InChI=1S/C16H24N2O/c1-11-4-3-5-13(8-11)10-18-14-6-7-16(17)15(9-14)12(2)19/h6-7,9,11,13,18H,3-5,8,10,17H2,1-2H3. The maximum atomic E-state index is 11.5. The van der Waals surface area contributed by atoms with Crippen LogP contribution in [0, 0.1) is 11.8 Å². The summed E-state index contributed by atoms with van der Waals surface area (Å²) in [6, 6.07) is 5.63. The zero-order valence-electron chi connectivity index (χ0n) is 11.9. The van der Waals surface area contributed by atoms with Crippen LogP contribution in [0.25, 0.3) is 0 Å². The van der Waals surface area contributed by atoms with Crippen LogP contribution >= 0.6 is 0 Å². The number of nitrogens with one attached hydrogen (secondary N) is 1. The monoisotopic (exact) mass is 260 g/mol. The fraction of sp³-hybridized carbons (Fsp3) is 0.562. The van der Waals surface area contributed by atoms with Crippen LogP contribution in [0.15, 0.2) is 18.2 Å². The number of rotatable bonds is 4. The quantitative estimate of drug-likeness (QED) is 0.641. The van der Waals surface area contributed by atoms with Crippen molar-refractivity contribution in [2.45, 2.75) is 39.5 Å². The molecular formula is C16H24N2O. The van der Waals surface area contributed by atoms with Crippen molar-refractivity contribution < 1.29 is 4.79 Å². The minimum atomic E-state index is 0.0208. The zero-order chi connectivity index (χ0) is 13.8. The molecule has 1 aromatic carbocycles. The number of nitrogens with two attached hydrogens (primary N) is 1. The van der Waals surface area contributed by atoms with Gasteiger partial charge in [-0.1, -0.05) is 19.8 Å². The number of ketones is 1. The van der Waals surface area contributed by atoms with Crippen LogP contribution in [0.1, 0.15) is 49.9 Å². The number of nitrogen functional groups attached to an aromatic ring is 1. The van der Waals surface area contributed by atoms with Gasteiger partial charge in [-0.15, -0.1) is 0 Å². The molecular weight excluding hydrogens is 236 g/mol. The topological polar surface area (TPSA) is 55.1 Å². The second kappa shape index (κ2) is 6.09. The Balaban J connectivity index is 1.96. The van der Waals surface area contributed by atoms with Gasteiger partial charge in [-0.25, -0.2) is 0 Å². The van der Waals surface area contributed by atoms with E-state index in [9.17, 15) is 4.79 Å². The number of Topliss-reactive ketones (excluding diaryl/α,β-unsaturated/α-hetero) is 1. The molecule has 2 rings (SSSR count).